The van der Waals surface area contributed by atoms with Crippen LogP contribution in [0.15, 0.2) is 59.0 Å². The maximum atomic E-state index is 12.0. The van der Waals surface area contributed by atoms with Crippen LogP contribution in [-0.4, -0.2) is 22.2 Å². The van der Waals surface area contributed by atoms with E-state index in [1.165, 1.54) is 0 Å². The number of fused-ring (bicyclic) bond motifs is 1. The molecule has 1 amide bonds. The van der Waals surface area contributed by atoms with Crippen LogP contribution in [0.2, 0.25) is 0 Å². The van der Waals surface area contributed by atoms with Crippen molar-refractivity contribution in [1.82, 2.24) is 10.3 Å². The van der Waals surface area contributed by atoms with E-state index in [9.17, 15) is 9.90 Å². The second kappa shape index (κ2) is 7.81. The molecule has 2 atom stereocenters. The zero-order valence-electron chi connectivity index (χ0n) is 13.9. The van der Waals surface area contributed by atoms with Gasteiger partial charge in [0, 0.05) is 0 Å². The Hall–Kier alpha value is -2.86. The number of nitrogens with one attached hydrogen (secondary N) is 1. The van der Waals surface area contributed by atoms with Crippen molar-refractivity contribution in [2.75, 3.05) is 0 Å². The summed E-state index contributed by atoms with van der Waals surface area (Å²) in [7, 11) is 0. The highest BCUT2D eigenvalue weighted by molar-refractivity contribution is 5.72. The summed E-state index contributed by atoms with van der Waals surface area (Å²) in [6, 6.07) is 16.1. The molecule has 3 rings (SSSR count). The summed E-state index contributed by atoms with van der Waals surface area (Å²) in [4.78, 5) is 16.3. The number of carbonyl (C=O) groups is 1. The summed E-state index contributed by atoms with van der Waals surface area (Å²) in [5.74, 6) is 0.177. The van der Waals surface area contributed by atoms with E-state index in [1.54, 1.807) is 12.1 Å². The van der Waals surface area contributed by atoms with Gasteiger partial charge < -0.3 is 19.6 Å². The maximum absolute atomic E-state index is 12.0. The van der Waals surface area contributed by atoms with Gasteiger partial charge in [0.05, 0.1) is 6.04 Å². The molecule has 0 fully saturated rings. The molecule has 25 heavy (non-hydrogen) atoms. The Morgan fingerprint density at radius 2 is 1.92 bits per heavy atom. The van der Waals surface area contributed by atoms with Crippen LogP contribution in [-0.2, 0) is 11.3 Å². The van der Waals surface area contributed by atoms with Crippen molar-refractivity contribution in [3.63, 3.8) is 0 Å². The average molecular weight is 340 g/mol. The number of nitrogens with zero attached hydrogens (tertiary/aromatic N) is 1. The van der Waals surface area contributed by atoms with Crippen molar-refractivity contribution < 1.29 is 19.1 Å². The SMILES string of the molecule is CCC(NC(=O)OCc1ccccc1)C(O)c1nc2ccccc2o1. The monoisotopic (exact) mass is 340 g/mol. The Kier molecular flexibility index (Phi) is 5.30. The molecule has 0 saturated heterocycles. The number of aliphatic hydroxyl groups excluding tert-OH is 1. The summed E-state index contributed by atoms with van der Waals surface area (Å²) in [6.45, 7) is 2.02. The molecule has 6 heteroatoms. The third kappa shape index (κ3) is 4.16. The number of rotatable bonds is 6. The van der Waals surface area contributed by atoms with E-state index in [4.69, 9.17) is 9.15 Å². The molecule has 2 N–H and O–H groups in total. The molecule has 130 valence electrons. The molecule has 0 aliphatic carbocycles. The number of ether oxygens (including phenoxy) is 1. The van der Waals surface area contributed by atoms with E-state index in [1.807, 2.05) is 49.4 Å². The first-order valence-electron chi connectivity index (χ1n) is 8.18. The fraction of sp³-hybridized carbons (Fsp3) is 0.263. The number of aliphatic hydroxyl groups is 1. The molecule has 3 aromatic rings. The van der Waals surface area contributed by atoms with Gasteiger partial charge in [-0.3, -0.25) is 0 Å². The topological polar surface area (TPSA) is 84.6 Å². The smallest absolute Gasteiger partial charge is 0.407 e. The molecule has 0 aliphatic rings. The molecule has 0 radical (unpaired) electrons. The second-order valence-corrected chi connectivity index (χ2v) is 5.69. The van der Waals surface area contributed by atoms with E-state index in [-0.39, 0.29) is 12.5 Å². The quantitative estimate of drug-likeness (QED) is 0.716. The highest BCUT2D eigenvalue weighted by Crippen LogP contribution is 2.23. The first kappa shape index (κ1) is 17.0. The van der Waals surface area contributed by atoms with Crippen LogP contribution >= 0.6 is 0 Å². The summed E-state index contributed by atoms with van der Waals surface area (Å²) in [5.41, 5.74) is 2.15. The van der Waals surface area contributed by atoms with Crippen molar-refractivity contribution >= 4 is 17.2 Å². The van der Waals surface area contributed by atoms with Crippen molar-refractivity contribution in [3.05, 3.63) is 66.1 Å². The third-order valence-electron chi connectivity index (χ3n) is 3.90. The fourth-order valence-electron chi connectivity index (χ4n) is 2.51. The summed E-state index contributed by atoms with van der Waals surface area (Å²) in [5, 5.41) is 13.2. The minimum Gasteiger partial charge on any atom is -0.445 e. The lowest BCUT2D eigenvalue weighted by Gasteiger charge is -2.20. The van der Waals surface area contributed by atoms with E-state index in [0.29, 0.717) is 17.5 Å². The second-order valence-electron chi connectivity index (χ2n) is 5.69. The number of benzene rings is 2. The zero-order chi connectivity index (χ0) is 17.6. The third-order valence-corrected chi connectivity index (χ3v) is 3.90. The van der Waals surface area contributed by atoms with Gasteiger partial charge in [0.15, 0.2) is 11.7 Å². The minimum atomic E-state index is -1.05. The van der Waals surface area contributed by atoms with E-state index in [0.717, 1.165) is 5.56 Å². The van der Waals surface area contributed by atoms with Gasteiger partial charge in [-0.2, -0.15) is 0 Å². The Morgan fingerprint density at radius 1 is 1.20 bits per heavy atom. The lowest BCUT2D eigenvalue weighted by molar-refractivity contribution is 0.0849. The van der Waals surface area contributed by atoms with Gasteiger partial charge in [-0.1, -0.05) is 49.4 Å². The van der Waals surface area contributed by atoms with Gasteiger partial charge in [-0.05, 0) is 24.1 Å². The van der Waals surface area contributed by atoms with E-state index >= 15 is 0 Å². The Labute approximate surface area is 145 Å². The first-order chi connectivity index (χ1) is 12.2. The normalized spacial score (nSPS) is 13.4. The van der Waals surface area contributed by atoms with Crippen LogP contribution in [0.1, 0.15) is 30.9 Å². The van der Waals surface area contributed by atoms with Crippen LogP contribution < -0.4 is 5.32 Å². The van der Waals surface area contributed by atoms with Crippen LogP contribution in [0.4, 0.5) is 4.79 Å². The van der Waals surface area contributed by atoms with Crippen molar-refractivity contribution in [1.29, 1.82) is 0 Å². The number of hydrogen-bond acceptors (Lipinski definition) is 5. The standard InChI is InChI=1S/C19H20N2O4/c1-2-14(21-19(23)24-12-13-8-4-3-5-9-13)17(22)18-20-15-10-6-7-11-16(15)25-18/h3-11,14,17,22H,2,12H2,1H3,(H,21,23). The molecule has 0 saturated carbocycles. The average Bonchev–Trinajstić information content (AvgIpc) is 3.09. The first-order valence-corrected chi connectivity index (χ1v) is 8.18. The number of amides is 1. The molecule has 0 spiro atoms. The number of alkyl carbamates (subject to hydrolysis) is 1. The van der Waals surface area contributed by atoms with Crippen LogP contribution in [0.5, 0.6) is 0 Å². The minimum absolute atomic E-state index is 0.169. The molecule has 2 unspecified atom stereocenters. The Bertz CT molecular complexity index is 799. The van der Waals surface area contributed by atoms with Gasteiger partial charge in [0.1, 0.15) is 12.1 Å². The molecular formula is C19H20N2O4. The zero-order valence-corrected chi connectivity index (χ0v) is 13.9. The van der Waals surface area contributed by atoms with Gasteiger partial charge in [0.25, 0.3) is 0 Å². The Balaban J connectivity index is 1.61. The number of aromatic nitrogens is 1. The fourth-order valence-corrected chi connectivity index (χ4v) is 2.51. The van der Waals surface area contributed by atoms with Crippen molar-refractivity contribution in [3.8, 4) is 0 Å². The number of para-hydroxylation sites is 2. The molecule has 0 aliphatic heterocycles. The summed E-state index contributed by atoms with van der Waals surface area (Å²) >= 11 is 0. The van der Waals surface area contributed by atoms with Crippen molar-refractivity contribution in [2.24, 2.45) is 0 Å². The predicted molar refractivity (Wildman–Crippen MR) is 92.8 cm³/mol. The van der Waals surface area contributed by atoms with Gasteiger partial charge in [-0.25, -0.2) is 9.78 Å². The Morgan fingerprint density at radius 3 is 2.64 bits per heavy atom. The number of carbonyl (C=O) groups excluding carboxylic acids is 1. The summed E-state index contributed by atoms with van der Waals surface area (Å²) < 4.78 is 10.8. The van der Waals surface area contributed by atoms with Crippen LogP contribution in [0.25, 0.3) is 11.1 Å². The highest BCUT2D eigenvalue weighted by atomic mass is 16.5. The molecular weight excluding hydrogens is 320 g/mol. The van der Waals surface area contributed by atoms with E-state index in [2.05, 4.69) is 10.3 Å². The predicted octanol–water partition coefficient (Wildman–Crippen LogP) is 3.57. The van der Waals surface area contributed by atoms with Crippen LogP contribution in [0, 0.1) is 0 Å². The largest absolute Gasteiger partial charge is 0.445 e. The van der Waals surface area contributed by atoms with Gasteiger partial charge >= 0.3 is 6.09 Å². The number of oxazole rings is 1. The molecule has 6 nitrogen and oxygen atoms in total. The van der Waals surface area contributed by atoms with Crippen molar-refractivity contribution in [2.45, 2.75) is 32.1 Å². The molecule has 2 aromatic carbocycles. The molecule has 1 heterocycles. The van der Waals surface area contributed by atoms with Gasteiger partial charge in [-0.15, -0.1) is 0 Å². The lowest BCUT2D eigenvalue weighted by atomic mass is 10.1. The molecule has 1 aromatic heterocycles. The van der Waals surface area contributed by atoms with E-state index < -0.39 is 18.2 Å². The molecule has 0 bridgehead atoms. The maximum Gasteiger partial charge on any atom is 0.407 e. The highest BCUT2D eigenvalue weighted by Gasteiger charge is 2.26. The lowest BCUT2D eigenvalue weighted by Crippen LogP contribution is -2.39. The van der Waals surface area contributed by atoms with Gasteiger partial charge in [0.2, 0.25) is 5.89 Å². The van der Waals surface area contributed by atoms with Crippen LogP contribution in [0.3, 0.4) is 0 Å². The summed E-state index contributed by atoms with van der Waals surface area (Å²) in [6.07, 6.45) is -1.15. The number of hydrogen-bond donors (Lipinski definition) is 2.